The number of aliphatic hydroxyl groups is 1. The molecule has 0 radical (unpaired) electrons. The van der Waals surface area contributed by atoms with E-state index in [2.05, 4.69) is 4.98 Å². The van der Waals surface area contributed by atoms with Gasteiger partial charge < -0.3 is 20.1 Å². The summed E-state index contributed by atoms with van der Waals surface area (Å²) in [5, 5.41) is 10.3. The van der Waals surface area contributed by atoms with Crippen molar-refractivity contribution < 1.29 is 41.0 Å². The van der Waals surface area contributed by atoms with Crippen LogP contribution in [0.5, 0.6) is 5.75 Å². The van der Waals surface area contributed by atoms with Crippen LogP contribution < -0.4 is 10.5 Å². The molecule has 1 amide bonds. The highest BCUT2D eigenvalue weighted by atomic mass is 19.4. The van der Waals surface area contributed by atoms with Crippen molar-refractivity contribution in [1.29, 1.82) is 0 Å². The van der Waals surface area contributed by atoms with Crippen LogP contribution >= 0.6 is 0 Å². The first-order valence-electron chi connectivity index (χ1n) is 10.8. The lowest BCUT2D eigenvalue weighted by Crippen LogP contribution is -2.15. The van der Waals surface area contributed by atoms with Crippen LogP contribution in [0.15, 0.2) is 55.0 Å². The monoisotopic (exact) mass is 515 g/mol. The Bertz CT molecular complexity index is 1160. The summed E-state index contributed by atoms with van der Waals surface area (Å²) < 4.78 is 85.6. The third-order valence-corrected chi connectivity index (χ3v) is 5.31. The van der Waals surface area contributed by atoms with Gasteiger partial charge in [0, 0.05) is 12.7 Å². The van der Waals surface area contributed by atoms with Gasteiger partial charge in [-0.05, 0) is 54.7 Å². The number of imidazole rings is 1. The van der Waals surface area contributed by atoms with Crippen molar-refractivity contribution in [2.75, 3.05) is 0 Å². The summed E-state index contributed by atoms with van der Waals surface area (Å²) in [6.07, 6.45) is -6.49. The number of aromatic nitrogens is 2. The fraction of sp³-hybridized carbons (Fsp3) is 0.333. The van der Waals surface area contributed by atoms with E-state index in [1.54, 1.807) is 24.3 Å². The quantitative estimate of drug-likeness (QED) is 0.373. The first-order chi connectivity index (χ1) is 16.8. The van der Waals surface area contributed by atoms with Gasteiger partial charge in [0.25, 0.3) is 5.91 Å². The Morgan fingerprint density at radius 2 is 1.69 bits per heavy atom. The highest BCUT2D eigenvalue weighted by molar-refractivity contribution is 5.90. The van der Waals surface area contributed by atoms with Crippen molar-refractivity contribution in [3.8, 4) is 5.75 Å². The molecule has 0 aliphatic rings. The van der Waals surface area contributed by atoms with Crippen molar-refractivity contribution in [3.63, 3.8) is 0 Å². The minimum Gasteiger partial charge on any atom is -0.489 e. The molecule has 0 saturated heterocycles. The van der Waals surface area contributed by atoms with Gasteiger partial charge in [-0.3, -0.25) is 4.79 Å². The molecule has 0 fully saturated rings. The fourth-order valence-electron chi connectivity index (χ4n) is 3.56. The average Bonchev–Trinajstić information content (AvgIpc) is 3.26. The Labute approximate surface area is 202 Å². The van der Waals surface area contributed by atoms with Gasteiger partial charge in [0.15, 0.2) is 0 Å². The summed E-state index contributed by atoms with van der Waals surface area (Å²) in [4.78, 5) is 14.9. The number of hydrogen-bond donors (Lipinski definition) is 2. The maximum absolute atomic E-state index is 13.1. The maximum atomic E-state index is 13.1. The van der Waals surface area contributed by atoms with Crippen molar-refractivity contribution in [1.82, 2.24) is 9.55 Å². The number of benzene rings is 2. The number of rotatable bonds is 10. The second kappa shape index (κ2) is 11.0. The van der Waals surface area contributed by atoms with Crippen LogP contribution in [0, 0.1) is 0 Å². The predicted octanol–water partition coefficient (Wildman–Crippen LogP) is 4.98. The molecule has 6 nitrogen and oxygen atoms in total. The lowest BCUT2D eigenvalue weighted by Gasteiger charge is -2.16. The van der Waals surface area contributed by atoms with Gasteiger partial charge >= 0.3 is 12.4 Å². The average molecular weight is 515 g/mol. The van der Waals surface area contributed by atoms with Gasteiger partial charge in [0.1, 0.15) is 18.1 Å². The molecular weight excluding hydrogens is 492 g/mol. The molecule has 1 atom stereocenters. The summed E-state index contributed by atoms with van der Waals surface area (Å²) >= 11 is 0. The summed E-state index contributed by atoms with van der Waals surface area (Å²) in [5.74, 6) is -0.363. The normalized spacial score (nSPS) is 13.0. The van der Waals surface area contributed by atoms with Gasteiger partial charge in [-0.2, -0.15) is 26.3 Å². The molecule has 0 spiro atoms. The molecule has 0 unspecified atom stereocenters. The van der Waals surface area contributed by atoms with E-state index in [0.717, 1.165) is 0 Å². The van der Waals surface area contributed by atoms with Crippen molar-refractivity contribution >= 4 is 5.91 Å². The van der Waals surface area contributed by atoms with Crippen LogP contribution in [0.3, 0.4) is 0 Å². The number of hydrogen-bond acceptors (Lipinski definition) is 4. The Hall–Kier alpha value is -3.54. The lowest BCUT2D eigenvalue weighted by atomic mass is 10.0. The Morgan fingerprint density at radius 3 is 2.28 bits per heavy atom. The number of carbonyl (C=O) groups excluding carboxylic acids is 1. The second-order valence-electron chi connectivity index (χ2n) is 8.18. The largest absolute Gasteiger partial charge is 0.489 e. The molecule has 36 heavy (non-hydrogen) atoms. The number of carbonyl (C=O) groups is 1. The third-order valence-electron chi connectivity index (χ3n) is 5.31. The number of nitrogens with two attached hydrogens (primary N) is 1. The van der Waals surface area contributed by atoms with E-state index in [1.165, 1.54) is 17.1 Å². The van der Waals surface area contributed by atoms with Crippen molar-refractivity contribution in [2.24, 2.45) is 5.73 Å². The van der Waals surface area contributed by atoms with E-state index in [0.29, 0.717) is 42.7 Å². The first-order valence-corrected chi connectivity index (χ1v) is 10.8. The highest BCUT2D eigenvalue weighted by Gasteiger charge is 2.36. The van der Waals surface area contributed by atoms with Gasteiger partial charge in [-0.25, -0.2) is 4.98 Å². The van der Waals surface area contributed by atoms with Crippen LogP contribution in [0.2, 0.25) is 0 Å². The Kier molecular flexibility index (Phi) is 8.28. The number of aliphatic hydroxyl groups excluding tert-OH is 1. The summed E-state index contributed by atoms with van der Waals surface area (Å²) in [6.45, 7) is -0.301. The van der Waals surface area contributed by atoms with Crippen molar-refractivity contribution in [3.05, 3.63) is 82.9 Å². The molecule has 194 valence electrons. The standard InChI is InChI=1S/C24H23F6N3O3/c25-23(26,27)17-8-15(9-18(10-17)24(28,29)30)13-36-21-7-2-1-4-16(21)5-3-6-19(34)11-33-12-20(22(31)35)32-14-33/h1-2,4,7-10,12,14,19,34H,3,5-6,11,13H2,(H2,31,35)/t19-/m0/s1. The number of primary amides is 1. The molecule has 0 bridgehead atoms. The molecule has 0 aliphatic carbocycles. The first kappa shape index (κ1) is 27.1. The van der Waals surface area contributed by atoms with Gasteiger partial charge in [-0.1, -0.05) is 18.2 Å². The van der Waals surface area contributed by atoms with Crippen molar-refractivity contribution in [2.45, 2.75) is 50.9 Å². The molecule has 1 heterocycles. The Balaban J connectivity index is 1.62. The van der Waals surface area contributed by atoms with E-state index in [1.807, 2.05) is 0 Å². The smallest absolute Gasteiger partial charge is 0.416 e. The summed E-state index contributed by atoms with van der Waals surface area (Å²) in [7, 11) is 0. The number of alkyl halides is 6. The van der Waals surface area contributed by atoms with E-state index < -0.39 is 42.1 Å². The number of halogens is 6. The zero-order chi connectivity index (χ0) is 26.5. The Morgan fingerprint density at radius 1 is 1.06 bits per heavy atom. The molecule has 0 aliphatic heterocycles. The van der Waals surface area contributed by atoms with Crippen LogP contribution in [-0.2, 0) is 31.9 Å². The van der Waals surface area contributed by atoms with Crippen LogP contribution in [-0.4, -0.2) is 26.7 Å². The molecule has 0 saturated carbocycles. The van der Waals surface area contributed by atoms with Gasteiger partial charge in [0.2, 0.25) is 0 Å². The molecular formula is C24H23F6N3O3. The topological polar surface area (TPSA) is 90.4 Å². The molecule has 3 N–H and O–H groups in total. The summed E-state index contributed by atoms with van der Waals surface area (Å²) in [5.41, 5.74) is 2.84. The zero-order valence-electron chi connectivity index (χ0n) is 18.8. The molecule has 3 rings (SSSR count). The van der Waals surface area contributed by atoms with Gasteiger partial charge in [0.05, 0.1) is 23.6 Å². The highest BCUT2D eigenvalue weighted by Crippen LogP contribution is 2.36. The summed E-state index contributed by atoms with van der Waals surface area (Å²) in [6, 6.07) is 7.99. The minimum absolute atomic E-state index is 0.0707. The molecule has 3 aromatic rings. The van der Waals surface area contributed by atoms with Crippen LogP contribution in [0.25, 0.3) is 0 Å². The maximum Gasteiger partial charge on any atom is 0.416 e. The second-order valence-corrected chi connectivity index (χ2v) is 8.18. The molecule has 1 aromatic heterocycles. The number of ether oxygens (including phenoxy) is 1. The molecule has 2 aromatic carbocycles. The van der Waals surface area contributed by atoms with Gasteiger partial charge in [-0.15, -0.1) is 0 Å². The third kappa shape index (κ3) is 7.48. The van der Waals surface area contributed by atoms with Crippen LogP contribution in [0.1, 0.15) is 45.6 Å². The van der Waals surface area contributed by atoms with E-state index in [4.69, 9.17) is 10.5 Å². The van der Waals surface area contributed by atoms with E-state index >= 15 is 0 Å². The zero-order valence-corrected chi connectivity index (χ0v) is 18.8. The predicted molar refractivity (Wildman–Crippen MR) is 117 cm³/mol. The lowest BCUT2D eigenvalue weighted by molar-refractivity contribution is -0.143. The SMILES string of the molecule is NC(=O)c1cn(C[C@@H](O)CCCc2ccccc2OCc2cc(C(F)(F)F)cc(C(F)(F)F)c2)cn1. The number of aryl methyl sites for hydroxylation is 1. The molecule has 12 heteroatoms. The minimum atomic E-state index is -4.94. The fourth-order valence-corrected chi connectivity index (χ4v) is 3.56. The van der Waals surface area contributed by atoms with Crippen LogP contribution in [0.4, 0.5) is 26.3 Å². The van der Waals surface area contributed by atoms with E-state index in [-0.39, 0.29) is 23.9 Å². The van der Waals surface area contributed by atoms with E-state index in [9.17, 15) is 36.2 Å². The number of nitrogens with zero attached hydrogens (tertiary/aromatic N) is 2. The number of para-hydroxylation sites is 1. The number of amides is 1.